The molecule has 316 valence electrons. The molecule has 0 fully saturated rings. The first-order valence-corrected chi connectivity index (χ1v) is 23.0. The second-order valence-electron chi connectivity index (χ2n) is 16.2. The number of quaternary nitrogens is 1. The van der Waals surface area contributed by atoms with E-state index in [0.717, 1.165) is 36.3 Å². The third-order valence-corrected chi connectivity index (χ3v) is 13.4. The van der Waals surface area contributed by atoms with Crippen LogP contribution in [0, 0.1) is 0 Å². The molecule has 3 heterocycles. The minimum absolute atomic E-state index is 0.0535. The number of carbonyl (C=O) groups excluding carboxylic acids is 2. The van der Waals surface area contributed by atoms with Crippen molar-refractivity contribution in [1.29, 1.82) is 0 Å². The zero-order valence-electron chi connectivity index (χ0n) is 33.5. The largest absolute Gasteiger partial charge is 0.744 e. The van der Waals surface area contributed by atoms with E-state index in [0.29, 0.717) is 69.3 Å². The smallest absolute Gasteiger partial charge is 0.335 e. The van der Waals surface area contributed by atoms with Gasteiger partial charge in [0, 0.05) is 60.9 Å². The molecule has 5 rings (SSSR count). The van der Waals surface area contributed by atoms with E-state index in [2.05, 4.69) is 30.6 Å². The quantitative estimate of drug-likeness (QED) is 0.259. The molecule has 2 amide bonds. The Bertz CT molecular complexity index is 2180. The highest BCUT2D eigenvalue weighted by atomic mass is 32.2. The number of anilines is 1. The first-order valence-electron chi connectivity index (χ1n) is 20.0. The Morgan fingerprint density at radius 2 is 1.55 bits per heavy atom. The number of aromatic carboxylic acids is 1. The molecule has 3 aliphatic rings. The van der Waals surface area contributed by atoms with Crippen LogP contribution in [0.25, 0.3) is 0 Å². The summed E-state index contributed by atoms with van der Waals surface area (Å²) < 4.78 is 69.5. The van der Waals surface area contributed by atoms with Crippen LogP contribution in [0.1, 0.15) is 106 Å². The third-order valence-electron chi connectivity index (χ3n) is 11.7. The predicted octanol–water partition coefficient (Wildman–Crippen LogP) is 4.27. The van der Waals surface area contributed by atoms with E-state index in [1.165, 1.54) is 17.0 Å². The molecule has 2 aromatic carbocycles. The molecule has 0 spiro atoms. The van der Waals surface area contributed by atoms with Crippen molar-refractivity contribution in [2.75, 3.05) is 36.8 Å². The molecule has 58 heavy (non-hydrogen) atoms. The van der Waals surface area contributed by atoms with Gasteiger partial charge in [0.2, 0.25) is 11.8 Å². The van der Waals surface area contributed by atoms with Gasteiger partial charge in [-0.15, -0.1) is 0 Å². The zero-order chi connectivity index (χ0) is 42.3. The van der Waals surface area contributed by atoms with Gasteiger partial charge in [-0.3, -0.25) is 19.0 Å². The maximum absolute atomic E-state index is 12.6. The van der Waals surface area contributed by atoms with Gasteiger partial charge < -0.3 is 25.2 Å². The lowest BCUT2D eigenvalue weighted by atomic mass is 9.77. The van der Waals surface area contributed by atoms with Crippen LogP contribution in [0.4, 0.5) is 11.4 Å². The van der Waals surface area contributed by atoms with Gasteiger partial charge >= 0.3 is 5.97 Å². The van der Waals surface area contributed by atoms with Crippen LogP contribution in [0.3, 0.4) is 0 Å². The Morgan fingerprint density at radius 1 is 0.879 bits per heavy atom. The van der Waals surface area contributed by atoms with E-state index in [-0.39, 0.29) is 41.3 Å². The number of carbonyl (C=O) groups is 3. The minimum Gasteiger partial charge on any atom is -0.744 e. The lowest BCUT2D eigenvalue weighted by molar-refractivity contribution is -0.850. The van der Waals surface area contributed by atoms with Crippen molar-refractivity contribution >= 4 is 49.4 Å². The Balaban J connectivity index is 1.52. The number of carboxylic acids is 1. The van der Waals surface area contributed by atoms with Crippen molar-refractivity contribution in [2.45, 2.75) is 107 Å². The highest BCUT2D eigenvalue weighted by molar-refractivity contribution is 7.86. The Hall–Kier alpha value is -4.35. The van der Waals surface area contributed by atoms with Gasteiger partial charge in [0.25, 0.3) is 10.1 Å². The van der Waals surface area contributed by atoms with Gasteiger partial charge in [-0.25, -0.2) is 13.2 Å². The van der Waals surface area contributed by atoms with Crippen molar-refractivity contribution in [3.8, 4) is 0 Å². The molecule has 0 saturated heterocycles. The highest BCUT2D eigenvalue weighted by Crippen LogP contribution is 2.51. The van der Waals surface area contributed by atoms with Gasteiger partial charge in [-0.05, 0) is 107 Å². The number of nitrogens with zero attached hydrogens (tertiary/aromatic N) is 1. The number of fused-ring (bicyclic) bond motifs is 6. The highest BCUT2D eigenvalue weighted by Gasteiger charge is 2.48. The topological polar surface area (TPSA) is 215 Å². The number of rotatable bonds is 6. The van der Waals surface area contributed by atoms with Crippen LogP contribution in [0.15, 0.2) is 77.4 Å². The van der Waals surface area contributed by atoms with Crippen LogP contribution in [0.5, 0.6) is 0 Å². The summed E-state index contributed by atoms with van der Waals surface area (Å²) in [4.78, 5) is 39.7. The van der Waals surface area contributed by atoms with Crippen molar-refractivity contribution in [2.24, 2.45) is 0 Å². The molecule has 16 heteroatoms. The average molecular weight is 841 g/mol. The Labute approximate surface area is 342 Å². The first kappa shape index (κ1) is 44.7. The molecule has 2 aromatic rings. The van der Waals surface area contributed by atoms with Crippen LogP contribution in [-0.2, 0) is 40.7 Å². The number of hydrogen-bond donors (Lipinski definition) is 5. The first-order chi connectivity index (χ1) is 27.3. The van der Waals surface area contributed by atoms with Crippen LogP contribution in [0.2, 0.25) is 0 Å². The van der Waals surface area contributed by atoms with E-state index in [9.17, 15) is 45.4 Å². The van der Waals surface area contributed by atoms with E-state index in [1.54, 1.807) is 18.2 Å². The normalized spacial score (nSPS) is 25.0. The molecule has 0 radical (unpaired) electrons. The van der Waals surface area contributed by atoms with Crippen molar-refractivity contribution in [3.63, 3.8) is 0 Å². The van der Waals surface area contributed by atoms with Crippen molar-refractivity contribution in [3.05, 3.63) is 89.2 Å². The van der Waals surface area contributed by atoms with Gasteiger partial charge in [0.05, 0.1) is 28.2 Å². The summed E-state index contributed by atoms with van der Waals surface area (Å²) >= 11 is 0. The summed E-state index contributed by atoms with van der Waals surface area (Å²) in [5, 5.41) is 15.5. The number of amides is 2. The zero-order valence-corrected chi connectivity index (χ0v) is 35.1. The summed E-state index contributed by atoms with van der Waals surface area (Å²) in [6.07, 6.45) is 15.3. The molecule has 3 atom stereocenters. The van der Waals surface area contributed by atoms with Gasteiger partial charge in [-0.1, -0.05) is 31.1 Å². The van der Waals surface area contributed by atoms with Crippen LogP contribution < -0.4 is 20.4 Å². The second-order valence-corrected chi connectivity index (χ2v) is 19.1. The van der Waals surface area contributed by atoms with Crippen molar-refractivity contribution in [1.82, 2.24) is 10.6 Å². The summed E-state index contributed by atoms with van der Waals surface area (Å²) in [7, 11) is -9.05. The van der Waals surface area contributed by atoms with E-state index in [4.69, 9.17) is 0 Å². The fourth-order valence-corrected chi connectivity index (χ4v) is 9.68. The number of allylic oxidation sites excluding steroid dienone is 5. The average Bonchev–Trinajstić information content (AvgIpc) is 3.50. The third kappa shape index (κ3) is 10.8. The van der Waals surface area contributed by atoms with Crippen molar-refractivity contribution < 1.29 is 50.3 Å². The van der Waals surface area contributed by atoms with Crippen LogP contribution >= 0.6 is 0 Å². The maximum Gasteiger partial charge on any atom is 0.335 e. The van der Waals surface area contributed by atoms with Crippen LogP contribution in [-0.4, -0.2) is 86.8 Å². The molecule has 3 aliphatic heterocycles. The van der Waals surface area contributed by atoms with E-state index in [1.807, 2.05) is 42.2 Å². The number of benzene rings is 2. The molecule has 0 bridgehead atoms. The molecule has 0 saturated carbocycles. The maximum atomic E-state index is 12.6. The molecule has 0 aliphatic carbocycles. The Morgan fingerprint density at radius 3 is 2.19 bits per heavy atom. The summed E-state index contributed by atoms with van der Waals surface area (Å²) in [5.74, 6) is -1.67. The molecular formula is C42H56N4O10S2. The van der Waals surface area contributed by atoms with E-state index >= 15 is 0 Å². The molecule has 0 aromatic heterocycles. The van der Waals surface area contributed by atoms with Gasteiger partial charge in [0.1, 0.15) is 21.8 Å². The monoisotopic (exact) mass is 840 g/mol. The fourth-order valence-electron chi connectivity index (χ4n) is 8.69. The fraction of sp³-hybridized carbons (Fsp3) is 0.500. The molecule has 5 N–H and O–H groups in total. The number of nitrogens with one attached hydrogen (secondary N) is 3. The van der Waals surface area contributed by atoms with Gasteiger partial charge in [0.15, 0.2) is 0 Å². The lowest BCUT2D eigenvalue weighted by Crippen LogP contribution is -3.10. The molecular weight excluding hydrogens is 785 g/mol. The standard InChI is InChI=1S/C42H56N4O10S2/c1-41(2)32-28-30(40(49)50)18-20-34(32)45-25-12-6-10-17-39(48)44-24-23-43-38(47)16-9-5-11-22-42(3)33-29-31(58(54,55)56)19-21-35(33)46(26-13-27-57(51,52)53)37(42)15-8-4-7-14-36(41)45/h4,7-8,14-15,18-21,28-29,36H,5-6,9-13,16-17,22-27H2,1-3H3,(H,43,47)(H,44,48)(H,49,50)(H,51,52,53)(H,54,55,56)/b8-4+,14-7+,37-15?. The minimum atomic E-state index is -4.80. The van der Waals surface area contributed by atoms with E-state index < -0.39 is 42.8 Å². The molecule has 14 nitrogen and oxygen atoms in total. The summed E-state index contributed by atoms with van der Waals surface area (Å²) in [6.45, 7) is 7.76. The Kier molecular flexibility index (Phi) is 14.4. The summed E-state index contributed by atoms with van der Waals surface area (Å²) in [5.41, 5.74) is 2.98. The SMILES string of the molecule is CC12CCCCCC(=O)NCCNC(=O)CCCCC[NH+]3c4ccc(C(=O)O)cc4C(C)(C)C3/C=C/C=C/C=C1N(CCCS(=O)(=O)O)c1ccc(S(=O)(=O)[O-])cc12. The molecule has 3 unspecified atom stereocenters. The lowest BCUT2D eigenvalue weighted by Gasteiger charge is -2.30. The summed E-state index contributed by atoms with van der Waals surface area (Å²) in [6, 6.07) is 9.45. The van der Waals surface area contributed by atoms with Gasteiger partial charge in [-0.2, -0.15) is 8.42 Å². The number of carboxylic acid groups (broad SMARTS) is 1. The second kappa shape index (κ2) is 18.7. The predicted molar refractivity (Wildman–Crippen MR) is 220 cm³/mol. The number of hydrogen-bond acceptors (Lipinski definition) is 9.